The van der Waals surface area contributed by atoms with Crippen molar-refractivity contribution in [3.8, 4) is 11.5 Å². The molecule has 26 heavy (non-hydrogen) atoms. The van der Waals surface area contributed by atoms with Gasteiger partial charge in [-0.05, 0) is 42.5 Å². The summed E-state index contributed by atoms with van der Waals surface area (Å²) in [5.74, 6) is -1.31. The third-order valence-corrected chi connectivity index (χ3v) is 3.93. The summed E-state index contributed by atoms with van der Waals surface area (Å²) in [6.45, 7) is 0. The van der Waals surface area contributed by atoms with E-state index in [0.29, 0.717) is 10.6 Å². The first-order valence-electron chi connectivity index (χ1n) is 7.26. The Morgan fingerprint density at radius 2 is 1.81 bits per heavy atom. The van der Waals surface area contributed by atoms with Crippen LogP contribution in [0.1, 0.15) is 21.0 Å². The fourth-order valence-corrected chi connectivity index (χ4v) is 2.36. The van der Waals surface area contributed by atoms with Gasteiger partial charge in [-0.15, -0.1) is 10.2 Å². The lowest BCUT2D eigenvalue weighted by atomic mass is 10.2. The van der Waals surface area contributed by atoms with Gasteiger partial charge in [0.2, 0.25) is 5.89 Å². The average Bonchev–Trinajstić information content (AvgIpc) is 3.13. The number of hydrogen-bond acceptors (Lipinski definition) is 6. The number of benzene rings is 2. The summed E-state index contributed by atoms with van der Waals surface area (Å²) in [6, 6.07) is 11.0. The van der Waals surface area contributed by atoms with Crippen LogP contribution in [-0.2, 0) is 4.74 Å². The summed E-state index contributed by atoms with van der Waals surface area (Å²) in [7, 11) is 1.26. The molecule has 1 aromatic heterocycles. The SMILES string of the molecule is COC(=O)c1ccc(Cl)c(NC(=O)c2nnc(-c3ccc(Cl)cc3)o2)c1. The maximum absolute atomic E-state index is 12.3. The van der Waals surface area contributed by atoms with Gasteiger partial charge in [-0.3, -0.25) is 4.79 Å². The van der Waals surface area contributed by atoms with Crippen LogP contribution in [0.25, 0.3) is 11.5 Å². The Bertz CT molecular complexity index is 970. The molecule has 0 spiro atoms. The Hall–Kier alpha value is -2.90. The molecule has 0 unspecified atom stereocenters. The minimum atomic E-state index is -0.665. The molecule has 0 fully saturated rings. The van der Waals surface area contributed by atoms with Crippen LogP contribution >= 0.6 is 23.2 Å². The highest BCUT2D eigenvalue weighted by Gasteiger charge is 2.18. The molecule has 0 aliphatic carbocycles. The van der Waals surface area contributed by atoms with Gasteiger partial charge in [0.15, 0.2) is 0 Å². The molecule has 2 aromatic carbocycles. The summed E-state index contributed by atoms with van der Waals surface area (Å²) in [4.78, 5) is 23.9. The quantitative estimate of drug-likeness (QED) is 0.673. The first-order valence-corrected chi connectivity index (χ1v) is 8.02. The van der Waals surface area contributed by atoms with Gasteiger partial charge < -0.3 is 14.5 Å². The van der Waals surface area contributed by atoms with Crippen LogP contribution in [0.4, 0.5) is 5.69 Å². The zero-order valence-electron chi connectivity index (χ0n) is 13.3. The van der Waals surface area contributed by atoms with Crippen molar-refractivity contribution in [1.29, 1.82) is 0 Å². The number of carbonyl (C=O) groups excluding carboxylic acids is 2. The van der Waals surface area contributed by atoms with E-state index in [1.54, 1.807) is 24.3 Å². The molecule has 0 bridgehead atoms. The van der Waals surface area contributed by atoms with E-state index in [2.05, 4.69) is 20.3 Å². The number of aromatic nitrogens is 2. The number of anilines is 1. The van der Waals surface area contributed by atoms with Gasteiger partial charge in [0.05, 0.1) is 23.4 Å². The highest BCUT2D eigenvalue weighted by molar-refractivity contribution is 6.34. The van der Waals surface area contributed by atoms with Crippen molar-refractivity contribution >= 4 is 40.8 Å². The molecule has 1 amide bonds. The third kappa shape index (κ3) is 3.84. The Balaban J connectivity index is 1.81. The first-order chi connectivity index (χ1) is 12.5. The number of carbonyl (C=O) groups is 2. The molecule has 3 rings (SSSR count). The van der Waals surface area contributed by atoms with Crippen LogP contribution in [0.15, 0.2) is 46.9 Å². The van der Waals surface area contributed by atoms with E-state index >= 15 is 0 Å². The van der Waals surface area contributed by atoms with E-state index in [-0.39, 0.29) is 28.1 Å². The Labute approximate surface area is 157 Å². The lowest BCUT2D eigenvalue weighted by Crippen LogP contribution is -2.13. The number of hydrogen-bond donors (Lipinski definition) is 1. The molecular formula is C17H11Cl2N3O4. The van der Waals surface area contributed by atoms with Crippen LogP contribution in [0.3, 0.4) is 0 Å². The molecule has 132 valence electrons. The van der Waals surface area contributed by atoms with Gasteiger partial charge >= 0.3 is 17.8 Å². The number of halogens is 2. The number of rotatable bonds is 4. The molecule has 0 aliphatic heterocycles. The van der Waals surface area contributed by atoms with Crippen LogP contribution in [0.5, 0.6) is 0 Å². The molecule has 0 saturated heterocycles. The van der Waals surface area contributed by atoms with E-state index in [1.165, 1.54) is 25.3 Å². The number of esters is 1. The second-order valence-electron chi connectivity index (χ2n) is 5.06. The Morgan fingerprint density at radius 1 is 1.08 bits per heavy atom. The van der Waals surface area contributed by atoms with Crippen molar-refractivity contribution in [3.05, 3.63) is 64.0 Å². The molecule has 0 saturated carbocycles. The standard InChI is InChI=1S/C17H11Cl2N3O4/c1-25-17(24)10-4-7-12(19)13(8-10)20-14(23)16-22-21-15(26-16)9-2-5-11(18)6-3-9/h2-8H,1H3,(H,20,23). The lowest BCUT2D eigenvalue weighted by molar-refractivity contribution is 0.0600. The second-order valence-corrected chi connectivity index (χ2v) is 5.90. The fourth-order valence-electron chi connectivity index (χ4n) is 2.07. The van der Waals surface area contributed by atoms with Crippen molar-refractivity contribution in [1.82, 2.24) is 10.2 Å². The van der Waals surface area contributed by atoms with Crippen LogP contribution in [0, 0.1) is 0 Å². The topological polar surface area (TPSA) is 94.3 Å². The van der Waals surface area contributed by atoms with Crippen molar-refractivity contribution in [3.63, 3.8) is 0 Å². The maximum atomic E-state index is 12.3. The van der Waals surface area contributed by atoms with E-state index < -0.39 is 11.9 Å². The second kappa shape index (κ2) is 7.55. The van der Waals surface area contributed by atoms with Crippen molar-refractivity contribution in [2.75, 3.05) is 12.4 Å². The van der Waals surface area contributed by atoms with Crippen LogP contribution in [-0.4, -0.2) is 29.2 Å². The third-order valence-electron chi connectivity index (χ3n) is 3.35. The summed E-state index contributed by atoms with van der Waals surface area (Å²) in [5.41, 5.74) is 1.07. The van der Waals surface area contributed by atoms with Gasteiger partial charge in [0, 0.05) is 10.6 Å². The van der Waals surface area contributed by atoms with Crippen LogP contribution < -0.4 is 5.32 Å². The monoisotopic (exact) mass is 391 g/mol. The van der Waals surface area contributed by atoms with Crippen LogP contribution in [0.2, 0.25) is 10.0 Å². The first kappa shape index (κ1) is 17.9. The minimum absolute atomic E-state index is 0.168. The molecule has 0 aliphatic rings. The van der Waals surface area contributed by atoms with E-state index in [1.807, 2.05) is 0 Å². The number of nitrogens with zero attached hydrogens (tertiary/aromatic N) is 2. The largest absolute Gasteiger partial charge is 0.465 e. The fraction of sp³-hybridized carbons (Fsp3) is 0.0588. The highest BCUT2D eigenvalue weighted by Crippen LogP contribution is 2.25. The van der Waals surface area contributed by atoms with Crippen molar-refractivity contribution in [2.24, 2.45) is 0 Å². The van der Waals surface area contributed by atoms with Gasteiger partial charge in [0.1, 0.15) is 0 Å². The van der Waals surface area contributed by atoms with Gasteiger partial charge in [-0.2, -0.15) is 0 Å². The molecular weight excluding hydrogens is 381 g/mol. The predicted molar refractivity (Wildman–Crippen MR) is 95.5 cm³/mol. The molecule has 9 heteroatoms. The number of methoxy groups -OCH3 is 1. The smallest absolute Gasteiger partial charge is 0.337 e. The normalized spacial score (nSPS) is 10.4. The number of amides is 1. The molecule has 1 N–H and O–H groups in total. The van der Waals surface area contributed by atoms with Crippen molar-refractivity contribution in [2.45, 2.75) is 0 Å². The minimum Gasteiger partial charge on any atom is -0.465 e. The van der Waals surface area contributed by atoms with Gasteiger partial charge in [-0.25, -0.2) is 4.79 Å². The van der Waals surface area contributed by atoms with Gasteiger partial charge in [0.25, 0.3) is 0 Å². The molecule has 7 nitrogen and oxygen atoms in total. The summed E-state index contributed by atoms with van der Waals surface area (Å²) in [5, 5.41) is 10.9. The van der Waals surface area contributed by atoms with E-state index in [9.17, 15) is 9.59 Å². The number of nitrogens with one attached hydrogen (secondary N) is 1. The molecule has 3 aromatic rings. The Kier molecular flexibility index (Phi) is 5.20. The van der Waals surface area contributed by atoms with Gasteiger partial charge in [-0.1, -0.05) is 23.2 Å². The maximum Gasteiger partial charge on any atom is 0.337 e. The lowest BCUT2D eigenvalue weighted by Gasteiger charge is -2.07. The number of ether oxygens (including phenoxy) is 1. The molecule has 0 atom stereocenters. The predicted octanol–water partition coefficient (Wildman–Crippen LogP) is 4.08. The average molecular weight is 392 g/mol. The highest BCUT2D eigenvalue weighted by atomic mass is 35.5. The van der Waals surface area contributed by atoms with Crippen molar-refractivity contribution < 1.29 is 18.7 Å². The molecule has 1 heterocycles. The summed E-state index contributed by atoms with van der Waals surface area (Å²) >= 11 is 11.9. The van der Waals surface area contributed by atoms with E-state index in [4.69, 9.17) is 27.6 Å². The summed E-state index contributed by atoms with van der Waals surface area (Å²) in [6.07, 6.45) is 0. The summed E-state index contributed by atoms with van der Waals surface area (Å²) < 4.78 is 10.0. The Morgan fingerprint density at radius 3 is 2.50 bits per heavy atom. The zero-order valence-corrected chi connectivity index (χ0v) is 14.8. The zero-order chi connectivity index (χ0) is 18.7. The molecule has 0 radical (unpaired) electrons. The van der Waals surface area contributed by atoms with E-state index in [0.717, 1.165) is 0 Å².